The van der Waals surface area contributed by atoms with Crippen molar-refractivity contribution in [2.24, 2.45) is 0 Å². The third kappa shape index (κ3) is 5.28. The summed E-state index contributed by atoms with van der Waals surface area (Å²) in [6, 6.07) is 0. The van der Waals surface area contributed by atoms with Crippen molar-refractivity contribution in [3.05, 3.63) is 0 Å². The summed E-state index contributed by atoms with van der Waals surface area (Å²) >= 11 is 0. The average Bonchev–Trinajstić information content (AvgIpc) is 2.00. The smallest absolute Gasteiger partial charge is 0 e. The predicted octanol–water partition coefficient (Wildman–Crippen LogP) is 1.93. The van der Waals surface area contributed by atoms with E-state index in [1.165, 1.54) is 51.6 Å². The Balaban J connectivity index is 0.000000810. The van der Waals surface area contributed by atoms with Crippen molar-refractivity contribution in [2.75, 3.05) is 13.1 Å². The molecule has 1 aliphatic heterocycles. The molecule has 0 amide bonds. The van der Waals surface area contributed by atoms with Gasteiger partial charge in [-0.15, -0.1) is 0 Å². The summed E-state index contributed by atoms with van der Waals surface area (Å²) in [5.74, 6) is 0. The molecule has 1 nitrogen and oxygen atoms in total. The summed E-state index contributed by atoms with van der Waals surface area (Å²) in [5.41, 5.74) is 0. The van der Waals surface area contributed by atoms with Gasteiger partial charge in [-0.25, -0.2) is 0 Å². The quantitative estimate of drug-likeness (QED) is 0.564. The van der Waals surface area contributed by atoms with E-state index in [4.69, 9.17) is 0 Å². The van der Waals surface area contributed by atoms with Gasteiger partial charge >= 0.3 is 0 Å². The number of hydrogen-bond donors (Lipinski definition) is 1. The van der Waals surface area contributed by atoms with E-state index in [1.54, 1.807) is 0 Å². The molecule has 0 unspecified atom stereocenters. The molecule has 61 valence electrons. The zero-order valence-electron chi connectivity index (χ0n) is 6.53. The summed E-state index contributed by atoms with van der Waals surface area (Å²) in [5, 5.41) is 3.43. The van der Waals surface area contributed by atoms with Crippen molar-refractivity contribution >= 4 is 0 Å². The fourth-order valence-electron chi connectivity index (χ4n) is 1.33. The van der Waals surface area contributed by atoms with E-state index < -0.39 is 0 Å². The molecule has 0 bridgehead atoms. The Morgan fingerprint density at radius 1 is 0.600 bits per heavy atom. The molecule has 0 aromatic heterocycles. The fraction of sp³-hybridized carbons (Fsp3) is 1.00. The summed E-state index contributed by atoms with van der Waals surface area (Å²) < 4.78 is 0. The molecule has 0 spiro atoms. The SMILES string of the molecule is C1CCCCNCCC1.[Mn]. The molecule has 2 heteroatoms. The van der Waals surface area contributed by atoms with Crippen LogP contribution in [-0.4, -0.2) is 13.1 Å². The number of rotatable bonds is 0. The largest absolute Gasteiger partial charge is 0.317 e. The van der Waals surface area contributed by atoms with Crippen LogP contribution in [0.4, 0.5) is 0 Å². The van der Waals surface area contributed by atoms with Gasteiger partial charge in [0.05, 0.1) is 0 Å². The Bertz CT molecular complexity index is 37.7. The topological polar surface area (TPSA) is 12.0 Å². The summed E-state index contributed by atoms with van der Waals surface area (Å²) in [6.45, 7) is 2.50. The van der Waals surface area contributed by atoms with Crippen LogP contribution in [0.25, 0.3) is 0 Å². The van der Waals surface area contributed by atoms with Crippen LogP contribution >= 0.6 is 0 Å². The van der Waals surface area contributed by atoms with Crippen molar-refractivity contribution in [3.63, 3.8) is 0 Å². The Labute approximate surface area is 74.4 Å². The van der Waals surface area contributed by atoms with Gasteiger partial charge in [0.25, 0.3) is 0 Å². The molecule has 1 radical (unpaired) electrons. The van der Waals surface area contributed by atoms with Gasteiger partial charge in [0, 0.05) is 17.1 Å². The van der Waals surface area contributed by atoms with Gasteiger partial charge in [0.1, 0.15) is 0 Å². The van der Waals surface area contributed by atoms with Crippen molar-refractivity contribution in [2.45, 2.75) is 38.5 Å². The van der Waals surface area contributed by atoms with E-state index in [2.05, 4.69) is 5.32 Å². The first kappa shape index (κ1) is 10.5. The standard InChI is InChI=1S/C8H17N.Mn/c1-2-4-6-8-9-7-5-3-1;/h9H,1-8H2;. The predicted molar refractivity (Wildman–Crippen MR) is 40.6 cm³/mol. The van der Waals surface area contributed by atoms with Gasteiger partial charge in [0.15, 0.2) is 0 Å². The monoisotopic (exact) mass is 182 g/mol. The Morgan fingerprint density at radius 2 is 1.00 bits per heavy atom. The van der Waals surface area contributed by atoms with E-state index in [-0.39, 0.29) is 17.1 Å². The first-order valence-corrected chi connectivity index (χ1v) is 4.21. The summed E-state index contributed by atoms with van der Waals surface area (Å²) in [6.07, 6.45) is 8.57. The van der Waals surface area contributed by atoms with Crippen LogP contribution < -0.4 is 5.32 Å². The van der Waals surface area contributed by atoms with Gasteiger partial charge in [-0.3, -0.25) is 0 Å². The number of nitrogens with one attached hydrogen (secondary N) is 1. The van der Waals surface area contributed by atoms with E-state index in [1.807, 2.05) is 0 Å². The molecule has 1 aliphatic rings. The second-order valence-corrected chi connectivity index (χ2v) is 2.87. The van der Waals surface area contributed by atoms with Crippen molar-refractivity contribution in [1.29, 1.82) is 0 Å². The molecule has 1 fully saturated rings. The van der Waals surface area contributed by atoms with E-state index in [9.17, 15) is 0 Å². The summed E-state index contributed by atoms with van der Waals surface area (Å²) in [7, 11) is 0. The maximum atomic E-state index is 3.43. The van der Waals surface area contributed by atoms with Crippen LogP contribution in [0.2, 0.25) is 0 Å². The van der Waals surface area contributed by atoms with Crippen LogP contribution in [0.3, 0.4) is 0 Å². The minimum atomic E-state index is 0. The number of hydrogen-bond acceptors (Lipinski definition) is 1. The minimum absolute atomic E-state index is 0. The van der Waals surface area contributed by atoms with Crippen LogP contribution in [0.1, 0.15) is 38.5 Å². The molecule has 0 aromatic carbocycles. The second-order valence-electron chi connectivity index (χ2n) is 2.87. The maximum absolute atomic E-state index is 3.43. The van der Waals surface area contributed by atoms with Crippen LogP contribution in [0, 0.1) is 0 Å². The molecular formula is C8H17MnN. The molecule has 10 heavy (non-hydrogen) atoms. The van der Waals surface area contributed by atoms with Crippen LogP contribution in [0.5, 0.6) is 0 Å². The fourth-order valence-corrected chi connectivity index (χ4v) is 1.33. The third-order valence-electron chi connectivity index (χ3n) is 1.96. The molecule has 1 saturated heterocycles. The third-order valence-corrected chi connectivity index (χ3v) is 1.96. The van der Waals surface area contributed by atoms with Crippen LogP contribution in [0.15, 0.2) is 0 Å². The van der Waals surface area contributed by atoms with Crippen LogP contribution in [-0.2, 0) is 17.1 Å². The summed E-state index contributed by atoms with van der Waals surface area (Å²) in [4.78, 5) is 0. The van der Waals surface area contributed by atoms with Crippen molar-refractivity contribution in [3.8, 4) is 0 Å². The molecule has 1 rings (SSSR count). The molecule has 0 aliphatic carbocycles. The Morgan fingerprint density at radius 3 is 1.50 bits per heavy atom. The average molecular weight is 182 g/mol. The van der Waals surface area contributed by atoms with E-state index >= 15 is 0 Å². The molecule has 1 heterocycles. The second kappa shape index (κ2) is 7.58. The van der Waals surface area contributed by atoms with Gasteiger partial charge in [-0.1, -0.05) is 25.7 Å². The van der Waals surface area contributed by atoms with Gasteiger partial charge in [-0.05, 0) is 25.9 Å². The Hall–Kier alpha value is 0.479. The zero-order chi connectivity index (χ0) is 6.36. The van der Waals surface area contributed by atoms with Gasteiger partial charge in [-0.2, -0.15) is 0 Å². The first-order valence-electron chi connectivity index (χ1n) is 4.21. The molecule has 1 N–H and O–H groups in total. The van der Waals surface area contributed by atoms with Crippen molar-refractivity contribution in [1.82, 2.24) is 5.32 Å². The first-order chi connectivity index (χ1) is 4.50. The van der Waals surface area contributed by atoms with Gasteiger partial charge in [0.2, 0.25) is 0 Å². The van der Waals surface area contributed by atoms with Gasteiger partial charge < -0.3 is 5.32 Å². The maximum Gasteiger partial charge on any atom is 0 e. The molecule has 0 saturated carbocycles. The Kier molecular flexibility index (Phi) is 7.95. The van der Waals surface area contributed by atoms with E-state index in [0.717, 1.165) is 0 Å². The molecule has 0 atom stereocenters. The molecular weight excluding hydrogens is 165 g/mol. The zero-order valence-corrected chi connectivity index (χ0v) is 7.72. The van der Waals surface area contributed by atoms with Crippen molar-refractivity contribution < 1.29 is 17.1 Å². The molecule has 0 aromatic rings. The van der Waals surface area contributed by atoms with E-state index in [0.29, 0.717) is 0 Å². The normalized spacial score (nSPS) is 21.6. The minimum Gasteiger partial charge on any atom is -0.317 e.